The van der Waals surface area contributed by atoms with Gasteiger partial charge in [-0.1, -0.05) is 0 Å². The molecule has 0 amide bonds. The molecule has 78 valence electrons. The smallest absolute Gasteiger partial charge is 0.151 e. The number of carbonyl (C=O) groups is 1. The minimum atomic E-state index is 0.752. The quantitative estimate of drug-likeness (QED) is 0.718. The van der Waals surface area contributed by atoms with Gasteiger partial charge in [-0.2, -0.15) is 0 Å². The molecule has 0 spiro atoms. The van der Waals surface area contributed by atoms with E-state index in [-0.39, 0.29) is 0 Å². The van der Waals surface area contributed by atoms with Crippen LogP contribution in [0.1, 0.15) is 27.3 Å². The van der Waals surface area contributed by atoms with Crippen LogP contribution in [0.3, 0.4) is 0 Å². The van der Waals surface area contributed by atoms with E-state index in [1.165, 1.54) is 0 Å². The minimum absolute atomic E-state index is 0.752. The summed E-state index contributed by atoms with van der Waals surface area (Å²) in [6.07, 6.45) is 4.28. The lowest BCUT2D eigenvalue weighted by Gasteiger charge is -2.07. The molecule has 0 fully saturated rings. The molecular formula is C12H13NO2. The van der Waals surface area contributed by atoms with E-state index in [2.05, 4.69) is 4.57 Å². The Morgan fingerprint density at radius 3 is 2.80 bits per heavy atom. The predicted octanol–water partition coefficient (Wildman–Crippen LogP) is 2.56. The van der Waals surface area contributed by atoms with Gasteiger partial charge in [0.1, 0.15) is 0 Å². The molecule has 0 aliphatic rings. The summed E-state index contributed by atoms with van der Waals surface area (Å²) in [4.78, 5) is 10.8. The van der Waals surface area contributed by atoms with Crippen LogP contribution in [0.5, 0.6) is 0 Å². The standard InChI is InChI=1S/C12H13NO2/c1-9-5-12(7-14)10(2)13(9)6-11-3-4-15-8-11/h3-5,7-8H,6H2,1-2H3. The highest BCUT2D eigenvalue weighted by molar-refractivity contribution is 5.77. The molecule has 0 aromatic carbocycles. The third-order valence-corrected chi connectivity index (χ3v) is 2.66. The van der Waals surface area contributed by atoms with Crippen molar-refractivity contribution >= 4 is 6.29 Å². The van der Waals surface area contributed by atoms with Crippen molar-refractivity contribution in [3.05, 3.63) is 47.2 Å². The zero-order valence-corrected chi connectivity index (χ0v) is 8.86. The second kappa shape index (κ2) is 3.77. The van der Waals surface area contributed by atoms with Crippen LogP contribution in [0.2, 0.25) is 0 Å². The zero-order chi connectivity index (χ0) is 10.8. The minimum Gasteiger partial charge on any atom is -0.472 e. The lowest BCUT2D eigenvalue weighted by Crippen LogP contribution is -2.03. The second-order valence-corrected chi connectivity index (χ2v) is 3.66. The first kappa shape index (κ1) is 9.77. The molecule has 3 nitrogen and oxygen atoms in total. The maximum absolute atomic E-state index is 10.8. The van der Waals surface area contributed by atoms with Crippen molar-refractivity contribution in [3.63, 3.8) is 0 Å². The van der Waals surface area contributed by atoms with Gasteiger partial charge in [0.25, 0.3) is 0 Å². The van der Waals surface area contributed by atoms with Crippen LogP contribution in [0.25, 0.3) is 0 Å². The van der Waals surface area contributed by atoms with Gasteiger partial charge in [-0.15, -0.1) is 0 Å². The number of nitrogens with zero attached hydrogens (tertiary/aromatic N) is 1. The summed E-state index contributed by atoms with van der Waals surface area (Å²) in [6, 6.07) is 3.84. The van der Waals surface area contributed by atoms with E-state index in [0.717, 1.165) is 35.3 Å². The molecule has 0 aliphatic carbocycles. The number of rotatable bonds is 3. The third kappa shape index (κ3) is 1.73. The van der Waals surface area contributed by atoms with Crippen molar-refractivity contribution in [2.75, 3.05) is 0 Å². The number of aryl methyl sites for hydroxylation is 1. The third-order valence-electron chi connectivity index (χ3n) is 2.66. The molecule has 0 unspecified atom stereocenters. The monoisotopic (exact) mass is 203 g/mol. The topological polar surface area (TPSA) is 35.1 Å². The highest BCUT2D eigenvalue weighted by atomic mass is 16.3. The summed E-state index contributed by atoms with van der Waals surface area (Å²) < 4.78 is 7.12. The summed E-state index contributed by atoms with van der Waals surface area (Å²) in [6.45, 7) is 4.71. The Balaban J connectivity index is 2.36. The number of carbonyl (C=O) groups excluding carboxylic acids is 1. The normalized spacial score (nSPS) is 10.5. The summed E-state index contributed by atoms with van der Waals surface area (Å²) >= 11 is 0. The van der Waals surface area contributed by atoms with E-state index >= 15 is 0 Å². The summed E-state index contributed by atoms with van der Waals surface area (Å²) in [5, 5.41) is 0. The molecule has 0 bridgehead atoms. The van der Waals surface area contributed by atoms with E-state index in [1.807, 2.05) is 26.0 Å². The highest BCUT2D eigenvalue weighted by Gasteiger charge is 2.08. The molecule has 0 saturated carbocycles. The molecule has 15 heavy (non-hydrogen) atoms. The van der Waals surface area contributed by atoms with Gasteiger partial charge >= 0.3 is 0 Å². The molecule has 2 aromatic rings. The number of aldehydes is 1. The fraction of sp³-hybridized carbons (Fsp3) is 0.250. The Bertz CT molecular complexity index is 466. The van der Waals surface area contributed by atoms with Gasteiger partial charge in [-0.05, 0) is 26.0 Å². The Morgan fingerprint density at radius 2 is 2.27 bits per heavy atom. The lowest BCUT2D eigenvalue weighted by molar-refractivity contribution is 0.112. The Labute approximate surface area is 88.3 Å². The molecule has 0 aliphatic heterocycles. The number of furan rings is 1. The van der Waals surface area contributed by atoms with Gasteiger partial charge < -0.3 is 8.98 Å². The first-order valence-electron chi connectivity index (χ1n) is 4.85. The maximum Gasteiger partial charge on any atom is 0.151 e. The van der Waals surface area contributed by atoms with Crippen molar-refractivity contribution in [1.82, 2.24) is 4.57 Å². The lowest BCUT2D eigenvalue weighted by atomic mass is 10.3. The largest absolute Gasteiger partial charge is 0.472 e. The van der Waals surface area contributed by atoms with Crippen molar-refractivity contribution in [1.29, 1.82) is 0 Å². The molecule has 0 atom stereocenters. The first-order valence-corrected chi connectivity index (χ1v) is 4.85. The Kier molecular flexibility index (Phi) is 2.46. The average Bonchev–Trinajstić information content (AvgIpc) is 2.81. The average molecular weight is 203 g/mol. The fourth-order valence-electron chi connectivity index (χ4n) is 1.76. The number of hydrogen-bond acceptors (Lipinski definition) is 2. The van der Waals surface area contributed by atoms with Gasteiger partial charge in [-0.25, -0.2) is 0 Å². The van der Waals surface area contributed by atoms with Crippen molar-refractivity contribution in [3.8, 4) is 0 Å². The van der Waals surface area contributed by atoms with Crippen LogP contribution in [0, 0.1) is 13.8 Å². The van der Waals surface area contributed by atoms with E-state index < -0.39 is 0 Å². The van der Waals surface area contributed by atoms with Crippen molar-refractivity contribution < 1.29 is 9.21 Å². The molecule has 0 saturated heterocycles. The molecule has 0 radical (unpaired) electrons. The van der Waals surface area contributed by atoms with Crippen LogP contribution in [0.15, 0.2) is 29.1 Å². The highest BCUT2D eigenvalue weighted by Crippen LogP contribution is 2.15. The van der Waals surface area contributed by atoms with Gasteiger partial charge in [0.15, 0.2) is 6.29 Å². The molecule has 2 aromatic heterocycles. The van der Waals surface area contributed by atoms with Crippen LogP contribution in [-0.2, 0) is 6.54 Å². The number of aromatic nitrogens is 1. The van der Waals surface area contributed by atoms with Gasteiger partial charge in [-0.3, -0.25) is 4.79 Å². The Hall–Kier alpha value is -1.77. The maximum atomic E-state index is 10.8. The van der Waals surface area contributed by atoms with E-state index in [1.54, 1.807) is 12.5 Å². The number of hydrogen-bond donors (Lipinski definition) is 0. The second-order valence-electron chi connectivity index (χ2n) is 3.66. The van der Waals surface area contributed by atoms with Crippen molar-refractivity contribution in [2.24, 2.45) is 0 Å². The van der Waals surface area contributed by atoms with Crippen molar-refractivity contribution in [2.45, 2.75) is 20.4 Å². The van der Waals surface area contributed by atoms with E-state index in [4.69, 9.17) is 4.42 Å². The SMILES string of the molecule is Cc1cc(C=O)c(C)n1Cc1ccoc1. The van der Waals surface area contributed by atoms with Gasteiger partial charge in [0.2, 0.25) is 0 Å². The van der Waals surface area contributed by atoms with E-state index in [0.29, 0.717) is 0 Å². The predicted molar refractivity (Wildman–Crippen MR) is 57.1 cm³/mol. The van der Waals surface area contributed by atoms with Crippen LogP contribution in [0.4, 0.5) is 0 Å². The molecule has 2 rings (SSSR count). The van der Waals surface area contributed by atoms with Gasteiger partial charge in [0, 0.05) is 22.5 Å². The molecular weight excluding hydrogens is 190 g/mol. The summed E-state index contributed by atoms with van der Waals surface area (Å²) in [7, 11) is 0. The van der Waals surface area contributed by atoms with Gasteiger partial charge in [0.05, 0.1) is 19.1 Å². The summed E-state index contributed by atoms with van der Waals surface area (Å²) in [5.41, 5.74) is 3.96. The summed E-state index contributed by atoms with van der Waals surface area (Å²) in [5.74, 6) is 0. The Morgan fingerprint density at radius 1 is 1.47 bits per heavy atom. The fourth-order valence-corrected chi connectivity index (χ4v) is 1.76. The van der Waals surface area contributed by atoms with Crippen LogP contribution < -0.4 is 0 Å². The zero-order valence-electron chi connectivity index (χ0n) is 8.86. The molecule has 0 N–H and O–H groups in total. The van der Waals surface area contributed by atoms with Crippen LogP contribution >= 0.6 is 0 Å². The van der Waals surface area contributed by atoms with E-state index in [9.17, 15) is 4.79 Å². The first-order chi connectivity index (χ1) is 7.22. The molecule has 3 heteroatoms. The van der Waals surface area contributed by atoms with Crippen LogP contribution in [-0.4, -0.2) is 10.9 Å². The molecule has 2 heterocycles.